The fraction of sp³-hybridized carbons (Fsp3) is 0.667. The van der Waals surface area contributed by atoms with Crippen molar-refractivity contribution in [3.8, 4) is 0 Å². The number of aromatic nitrogens is 2. The number of fused-ring (bicyclic) bond motifs is 2. The molecule has 0 spiro atoms. The lowest BCUT2D eigenvalue weighted by atomic mass is 9.75. The van der Waals surface area contributed by atoms with Gasteiger partial charge in [-0.15, -0.1) is 0 Å². The van der Waals surface area contributed by atoms with Crippen LogP contribution in [0.25, 0.3) is 0 Å². The number of nitrogens with one attached hydrogen (secondary N) is 1. The Morgan fingerprint density at radius 1 is 1.53 bits per heavy atom. The van der Waals surface area contributed by atoms with Gasteiger partial charge < -0.3 is 11.1 Å². The average molecular weight is 236 g/mol. The van der Waals surface area contributed by atoms with Crippen LogP contribution >= 0.6 is 0 Å². The molecular weight excluding hydrogens is 219 g/mol. The monoisotopic (exact) mass is 236 g/mol. The van der Waals surface area contributed by atoms with E-state index in [9.17, 15) is 4.39 Å². The minimum absolute atomic E-state index is 0.00699. The lowest BCUT2D eigenvalue weighted by Crippen LogP contribution is -2.57. The Morgan fingerprint density at radius 3 is 3.18 bits per heavy atom. The van der Waals surface area contributed by atoms with Crippen LogP contribution in [-0.2, 0) is 5.41 Å². The Kier molecular flexibility index (Phi) is 2.41. The van der Waals surface area contributed by atoms with E-state index in [2.05, 4.69) is 15.3 Å². The van der Waals surface area contributed by atoms with Crippen LogP contribution in [0.5, 0.6) is 0 Å². The van der Waals surface area contributed by atoms with Crippen molar-refractivity contribution in [3.05, 3.63) is 23.5 Å². The van der Waals surface area contributed by atoms with Gasteiger partial charge in [0.25, 0.3) is 0 Å². The van der Waals surface area contributed by atoms with Gasteiger partial charge in [-0.1, -0.05) is 0 Å². The summed E-state index contributed by atoms with van der Waals surface area (Å²) in [5, 5.41) is 3.36. The van der Waals surface area contributed by atoms with Gasteiger partial charge >= 0.3 is 0 Å². The molecule has 1 aromatic heterocycles. The Bertz CT molecular complexity index is 446. The minimum Gasteiger partial charge on any atom is -0.326 e. The van der Waals surface area contributed by atoms with E-state index in [4.69, 9.17) is 5.73 Å². The highest BCUT2D eigenvalue weighted by atomic mass is 19.1. The number of nitrogens with two attached hydrogens (primary N) is 1. The summed E-state index contributed by atoms with van der Waals surface area (Å²) >= 11 is 0. The number of aryl methyl sites for hydroxylation is 1. The third kappa shape index (κ3) is 1.42. The molecule has 2 aliphatic rings. The highest BCUT2D eigenvalue weighted by Crippen LogP contribution is 2.45. The molecule has 2 bridgehead atoms. The molecule has 0 aromatic carbocycles. The second-order valence-electron chi connectivity index (χ2n) is 5.23. The molecule has 3 unspecified atom stereocenters. The predicted molar refractivity (Wildman–Crippen MR) is 62.0 cm³/mol. The molecule has 4 nitrogen and oxygen atoms in total. The summed E-state index contributed by atoms with van der Waals surface area (Å²) in [5.41, 5.74) is 6.89. The zero-order valence-electron chi connectivity index (χ0n) is 9.91. The van der Waals surface area contributed by atoms with Gasteiger partial charge in [0.15, 0.2) is 5.82 Å². The minimum atomic E-state index is -0.333. The van der Waals surface area contributed by atoms with Gasteiger partial charge in [-0.3, -0.25) is 0 Å². The molecule has 1 saturated carbocycles. The Morgan fingerprint density at radius 2 is 2.35 bits per heavy atom. The summed E-state index contributed by atoms with van der Waals surface area (Å²) < 4.78 is 14.2. The third-order valence-electron chi connectivity index (χ3n) is 4.39. The van der Waals surface area contributed by atoms with Gasteiger partial charge in [0.1, 0.15) is 6.33 Å². The number of rotatable bonds is 1. The molecule has 92 valence electrons. The fourth-order valence-corrected chi connectivity index (χ4v) is 3.32. The molecule has 17 heavy (non-hydrogen) atoms. The van der Waals surface area contributed by atoms with Crippen LogP contribution in [0.2, 0.25) is 0 Å². The molecule has 5 heteroatoms. The van der Waals surface area contributed by atoms with E-state index >= 15 is 0 Å². The molecule has 0 radical (unpaired) electrons. The van der Waals surface area contributed by atoms with Crippen molar-refractivity contribution in [3.63, 3.8) is 0 Å². The molecular formula is C12H17FN4. The van der Waals surface area contributed by atoms with E-state index in [0.29, 0.717) is 17.3 Å². The van der Waals surface area contributed by atoms with Gasteiger partial charge in [0.05, 0.1) is 11.4 Å². The maximum Gasteiger partial charge on any atom is 0.166 e. The average Bonchev–Trinajstić information content (AvgIpc) is 2.53. The van der Waals surface area contributed by atoms with Crippen molar-refractivity contribution in [2.45, 2.75) is 31.2 Å². The third-order valence-corrected chi connectivity index (χ3v) is 4.39. The van der Waals surface area contributed by atoms with E-state index in [1.165, 1.54) is 6.33 Å². The van der Waals surface area contributed by atoms with Crippen LogP contribution in [0.4, 0.5) is 4.39 Å². The molecule has 0 amide bonds. The van der Waals surface area contributed by atoms with Gasteiger partial charge in [-0.05, 0) is 32.2 Å². The smallest absolute Gasteiger partial charge is 0.166 e. The number of hydrogen-bond acceptors (Lipinski definition) is 4. The zero-order chi connectivity index (χ0) is 12.0. The van der Waals surface area contributed by atoms with Crippen LogP contribution < -0.4 is 11.1 Å². The molecule has 2 heterocycles. The van der Waals surface area contributed by atoms with Crippen LogP contribution in [0.1, 0.15) is 24.2 Å². The summed E-state index contributed by atoms with van der Waals surface area (Å²) in [6.45, 7) is 3.33. The Hall–Kier alpha value is -1.07. The van der Waals surface area contributed by atoms with Gasteiger partial charge in [0.2, 0.25) is 0 Å². The van der Waals surface area contributed by atoms with Gasteiger partial charge in [-0.2, -0.15) is 0 Å². The van der Waals surface area contributed by atoms with Crippen LogP contribution in [0.3, 0.4) is 0 Å². The van der Waals surface area contributed by atoms with Gasteiger partial charge in [0, 0.05) is 18.0 Å². The summed E-state index contributed by atoms with van der Waals surface area (Å²) in [5.74, 6) is 0.158. The Balaban J connectivity index is 2.11. The number of nitrogens with zero attached hydrogens (tertiary/aromatic N) is 2. The van der Waals surface area contributed by atoms with Crippen molar-refractivity contribution in [2.24, 2.45) is 11.7 Å². The lowest BCUT2D eigenvalue weighted by Gasteiger charge is -2.39. The standard InChI is InChI=1S/C12H17FN4/c1-7-9(13)11(17-6-16-7)12-3-2-8(10(12)14)4-15-5-12/h6,8,10,15H,2-5,14H2,1H3. The van der Waals surface area contributed by atoms with Crippen LogP contribution in [-0.4, -0.2) is 29.1 Å². The summed E-state index contributed by atoms with van der Waals surface area (Å²) in [6.07, 6.45) is 3.41. The molecule has 2 fully saturated rings. The second-order valence-corrected chi connectivity index (χ2v) is 5.23. The van der Waals surface area contributed by atoms with E-state index in [-0.39, 0.29) is 17.3 Å². The van der Waals surface area contributed by atoms with Crippen LogP contribution in [0, 0.1) is 18.7 Å². The molecule has 1 aliphatic heterocycles. The second kappa shape index (κ2) is 3.71. The first-order chi connectivity index (χ1) is 8.15. The topological polar surface area (TPSA) is 63.8 Å². The summed E-state index contributed by atoms with van der Waals surface area (Å²) in [6, 6.07) is 0.00699. The highest BCUT2D eigenvalue weighted by Gasteiger charge is 2.52. The first-order valence-electron chi connectivity index (χ1n) is 6.09. The zero-order valence-corrected chi connectivity index (χ0v) is 9.91. The normalized spacial score (nSPS) is 36.2. The molecule has 3 N–H and O–H groups in total. The van der Waals surface area contributed by atoms with E-state index in [0.717, 1.165) is 25.9 Å². The number of piperidine rings is 1. The maximum atomic E-state index is 14.2. The number of hydrogen-bond donors (Lipinski definition) is 2. The lowest BCUT2D eigenvalue weighted by molar-refractivity contribution is 0.262. The van der Waals surface area contributed by atoms with Gasteiger partial charge in [-0.25, -0.2) is 14.4 Å². The van der Waals surface area contributed by atoms with E-state index < -0.39 is 0 Å². The molecule has 1 aliphatic carbocycles. The maximum absolute atomic E-state index is 14.2. The van der Waals surface area contributed by atoms with Crippen molar-refractivity contribution >= 4 is 0 Å². The first kappa shape index (κ1) is 11.0. The highest BCUT2D eigenvalue weighted by molar-refractivity contribution is 5.28. The predicted octanol–water partition coefficient (Wildman–Crippen LogP) is 0.502. The summed E-state index contributed by atoms with van der Waals surface area (Å²) in [7, 11) is 0. The summed E-state index contributed by atoms with van der Waals surface area (Å²) in [4.78, 5) is 8.07. The van der Waals surface area contributed by atoms with Crippen LogP contribution in [0.15, 0.2) is 6.33 Å². The SMILES string of the molecule is Cc1ncnc(C23CCC(CNC2)C3N)c1F. The molecule has 3 rings (SSSR count). The first-order valence-corrected chi connectivity index (χ1v) is 6.09. The van der Waals surface area contributed by atoms with E-state index in [1.54, 1.807) is 6.92 Å². The quantitative estimate of drug-likeness (QED) is 0.745. The molecule has 1 saturated heterocycles. The fourth-order valence-electron chi connectivity index (χ4n) is 3.32. The molecule has 1 aromatic rings. The molecule has 3 atom stereocenters. The van der Waals surface area contributed by atoms with Crippen molar-refractivity contribution < 1.29 is 4.39 Å². The number of halogens is 1. The van der Waals surface area contributed by atoms with E-state index in [1.807, 2.05) is 0 Å². The van der Waals surface area contributed by atoms with Crippen molar-refractivity contribution in [1.82, 2.24) is 15.3 Å². The largest absolute Gasteiger partial charge is 0.326 e. The van der Waals surface area contributed by atoms with Crippen molar-refractivity contribution in [2.75, 3.05) is 13.1 Å². The Labute approximate surface area is 99.8 Å². The van der Waals surface area contributed by atoms with Crippen molar-refractivity contribution in [1.29, 1.82) is 0 Å².